The Hall–Kier alpha value is -0.480. The Kier molecular flexibility index (Phi) is 6.94. The topological polar surface area (TPSA) is 54.4 Å². The zero-order chi connectivity index (χ0) is 14.4. The summed E-state index contributed by atoms with van der Waals surface area (Å²) in [5, 5.41) is 10.4. The van der Waals surface area contributed by atoms with Crippen molar-refractivity contribution in [1.29, 1.82) is 0 Å². The number of halogens is 1. The molecule has 0 saturated heterocycles. The zero-order valence-electron chi connectivity index (χ0n) is 11.4. The summed E-state index contributed by atoms with van der Waals surface area (Å²) in [6.45, 7) is 4.24. The lowest BCUT2D eigenvalue weighted by molar-refractivity contribution is -0.122. The summed E-state index contributed by atoms with van der Waals surface area (Å²) in [5.74, 6) is 0.781. The number of thioether (sulfide) groups is 1. The molecule has 1 rings (SSSR count). The van der Waals surface area contributed by atoms with Crippen LogP contribution in [0.25, 0.3) is 0 Å². The second-order valence-electron chi connectivity index (χ2n) is 4.88. The standard InChI is InChI=1S/C14H21ClO3S/c1-3-19-9(2)6-10-7-12(17)14(13(18)8-10)11(16)4-5-15/h9-10,17H,3-8H2,1-2H3. The molecule has 0 heterocycles. The third-order valence-electron chi connectivity index (χ3n) is 3.24. The molecule has 0 saturated carbocycles. The summed E-state index contributed by atoms with van der Waals surface area (Å²) >= 11 is 7.35. The first-order valence-corrected chi connectivity index (χ1v) is 8.23. The molecule has 2 unspecified atom stereocenters. The van der Waals surface area contributed by atoms with Gasteiger partial charge in [0, 0.05) is 30.4 Å². The van der Waals surface area contributed by atoms with Crippen LogP contribution in [0.3, 0.4) is 0 Å². The Bertz CT molecular complexity index is 379. The molecule has 1 aliphatic rings. The summed E-state index contributed by atoms with van der Waals surface area (Å²) in [4.78, 5) is 23.7. The first-order chi connectivity index (χ1) is 8.99. The molecule has 0 spiro atoms. The average Bonchev–Trinajstić information content (AvgIpc) is 2.28. The van der Waals surface area contributed by atoms with Crippen LogP contribution in [0.4, 0.5) is 0 Å². The fraction of sp³-hybridized carbons (Fsp3) is 0.714. The molecule has 0 bridgehead atoms. The Morgan fingerprint density at radius 1 is 1.53 bits per heavy atom. The minimum atomic E-state index is -0.327. The van der Waals surface area contributed by atoms with E-state index in [9.17, 15) is 14.7 Å². The van der Waals surface area contributed by atoms with Crippen LogP contribution in [0.5, 0.6) is 0 Å². The van der Waals surface area contributed by atoms with E-state index >= 15 is 0 Å². The van der Waals surface area contributed by atoms with Crippen LogP contribution in [0.1, 0.15) is 39.5 Å². The molecular formula is C14H21ClO3S. The summed E-state index contributed by atoms with van der Waals surface area (Å²) in [5.41, 5.74) is -0.00676. The van der Waals surface area contributed by atoms with Crippen LogP contribution < -0.4 is 0 Å². The molecule has 3 nitrogen and oxygen atoms in total. The number of hydrogen-bond acceptors (Lipinski definition) is 4. The summed E-state index contributed by atoms with van der Waals surface area (Å²) in [6, 6.07) is 0. The Balaban J connectivity index is 2.69. The van der Waals surface area contributed by atoms with E-state index in [1.165, 1.54) is 0 Å². The molecule has 1 aliphatic carbocycles. The zero-order valence-corrected chi connectivity index (χ0v) is 13.0. The van der Waals surface area contributed by atoms with Crippen LogP contribution in [0, 0.1) is 5.92 Å². The molecule has 2 atom stereocenters. The normalized spacial score (nSPS) is 21.6. The predicted molar refractivity (Wildman–Crippen MR) is 79.9 cm³/mol. The number of aliphatic hydroxyl groups is 1. The van der Waals surface area contributed by atoms with Crippen molar-refractivity contribution in [1.82, 2.24) is 0 Å². The Morgan fingerprint density at radius 3 is 2.74 bits per heavy atom. The first kappa shape index (κ1) is 16.6. The Morgan fingerprint density at radius 2 is 2.21 bits per heavy atom. The van der Waals surface area contributed by atoms with Gasteiger partial charge >= 0.3 is 0 Å². The van der Waals surface area contributed by atoms with Gasteiger partial charge in [-0.05, 0) is 18.1 Å². The molecule has 108 valence electrons. The monoisotopic (exact) mass is 304 g/mol. The van der Waals surface area contributed by atoms with Gasteiger partial charge in [-0.2, -0.15) is 11.8 Å². The van der Waals surface area contributed by atoms with E-state index in [2.05, 4.69) is 13.8 Å². The number of ketones is 2. The minimum Gasteiger partial charge on any atom is -0.511 e. The molecule has 0 radical (unpaired) electrons. The number of allylic oxidation sites excluding steroid dienone is 2. The van der Waals surface area contributed by atoms with Crippen molar-refractivity contribution in [2.24, 2.45) is 5.92 Å². The van der Waals surface area contributed by atoms with Crippen LogP contribution >= 0.6 is 23.4 Å². The van der Waals surface area contributed by atoms with Crippen molar-refractivity contribution in [2.45, 2.75) is 44.8 Å². The second kappa shape index (κ2) is 7.95. The highest BCUT2D eigenvalue weighted by atomic mass is 35.5. The molecular weight excluding hydrogens is 284 g/mol. The lowest BCUT2D eigenvalue weighted by Crippen LogP contribution is -2.26. The average molecular weight is 305 g/mol. The van der Waals surface area contributed by atoms with E-state index in [0.29, 0.717) is 18.1 Å². The third-order valence-corrected chi connectivity index (χ3v) is 4.52. The molecule has 1 N–H and O–H groups in total. The number of hydrogen-bond donors (Lipinski definition) is 1. The maximum Gasteiger partial charge on any atom is 0.171 e. The van der Waals surface area contributed by atoms with Gasteiger partial charge in [0.2, 0.25) is 0 Å². The third kappa shape index (κ3) is 4.84. The second-order valence-corrected chi connectivity index (χ2v) is 6.98. The largest absolute Gasteiger partial charge is 0.511 e. The number of Topliss-reactive ketones (excluding diaryl/α,β-unsaturated/α-hetero) is 2. The smallest absolute Gasteiger partial charge is 0.171 e. The van der Waals surface area contributed by atoms with Gasteiger partial charge in [-0.25, -0.2) is 0 Å². The van der Waals surface area contributed by atoms with Gasteiger partial charge in [0.1, 0.15) is 5.76 Å². The number of carbonyl (C=O) groups excluding carboxylic acids is 2. The maximum atomic E-state index is 12.0. The van der Waals surface area contributed by atoms with E-state index in [1.807, 2.05) is 11.8 Å². The number of alkyl halides is 1. The molecule has 0 amide bonds. The van der Waals surface area contributed by atoms with Crippen LogP contribution in [0.15, 0.2) is 11.3 Å². The highest BCUT2D eigenvalue weighted by molar-refractivity contribution is 7.99. The molecule has 0 aromatic heterocycles. The number of aliphatic hydroxyl groups excluding tert-OH is 1. The van der Waals surface area contributed by atoms with Gasteiger partial charge in [0.05, 0.1) is 5.57 Å². The predicted octanol–water partition coefficient (Wildman–Crippen LogP) is 3.51. The lowest BCUT2D eigenvalue weighted by atomic mass is 9.83. The fourth-order valence-electron chi connectivity index (χ4n) is 2.49. The van der Waals surface area contributed by atoms with Gasteiger partial charge in [-0.3, -0.25) is 9.59 Å². The molecule has 0 aromatic rings. The van der Waals surface area contributed by atoms with Crippen molar-refractivity contribution < 1.29 is 14.7 Å². The van der Waals surface area contributed by atoms with Gasteiger partial charge in [0.15, 0.2) is 11.6 Å². The van der Waals surface area contributed by atoms with E-state index < -0.39 is 0 Å². The minimum absolute atomic E-state index is 0.00676. The van der Waals surface area contributed by atoms with Gasteiger partial charge in [-0.15, -0.1) is 11.6 Å². The molecule has 0 fully saturated rings. The fourth-order valence-corrected chi connectivity index (χ4v) is 3.64. The van der Waals surface area contributed by atoms with Crippen LogP contribution in [0.2, 0.25) is 0 Å². The summed E-state index contributed by atoms with van der Waals surface area (Å²) < 4.78 is 0. The van der Waals surface area contributed by atoms with Gasteiger partial charge < -0.3 is 5.11 Å². The summed E-state index contributed by atoms with van der Waals surface area (Å²) in [7, 11) is 0. The van der Waals surface area contributed by atoms with Crippen molar-refractivity contribution in [2.75, 3.05) is 11.6 Å². The SMILES string of the molecule is CCSC(C)CC1CC(=O)C(C(=O)CCCl)=C(O)C1. The van der Waals surface area contributed by atoms with Crippen LogP contribution in [-0.4, -0.2) is 33.6 Å². The maximum absolute atomic E-state index is 12.0. The van der Waals surface area contributed by atoms with Crippen molar-refractivity contribution in [3.63, 3.8) is 0 Å². The van der Waals surface area contributed by atoms with Gasteiger partial charge in [-0.1, -0.05) is 13.8 Å². The van der Waals surface area contributed by atoms with Crippen molar-refractivity contribution in [3.05, 3.63) is 11.3 Å². The van der Waals surface area contributed by atoms with E-state index in [-0.39, 0.29) is 41.1 Å². The number of rotatable bonds is 7. The molecule has 5 heteroatoms. The Labute approximate surface area is 123 Å². The highest BCUT2D eigenvalue weighted by Crippen LogP contribution is 2.32. The molecule has 0 aliphatic heterocycles. The quantitative estimate of drug-likeness (QED) is 0.577. The van der Waals surface area contributed by atoms with Gasteiger partial charge in [0.25, 0.3) is 0 Å². The van der Waals surface area contributed by atoms with E-state index in [0.717, 1.165) is 12.2 Å². The van der Waals surface area contributed by atoms with Crippen molar-refractivity contribution >= 4 is 34.9 Å². The number of carbonyl (C=O) groups is 2. The van der Waals surface area contributed by atoms with E-state index in [1.54, 1.807) is 0 Å². The lowest BCUT2D eigenvalue weighted by Gasteiger charge is -2.25. The van der Waals surface area contributed by atoms with E-state index in [4.69, 9.17) is 11.6 Å². The first-order valence-electron chi connectivity index (χ1n) is 6.65. The molecule has 0 aromatic carbocycles. The van der Waals surface area contributed by atoms with Crippen LogP contribution in [-0.2, 0) is 9.59 Å². The van der Waals surface area contributed by atoms with Crippen molar-refractivity contribution in [3.8, 4) is 0 Å². The molecule has 19 heavy (non-hydrogen) atoms. The summed E-state index contributed by atoms with van der Waals surface area (Å²) in [6.07, 6.45) is 1.80. The highest BCUT2D eigenvalue weighted by Gasteiger charge is 2.31.